The number of rotatable bonds is 6. The molecule has 1 aromatic heterocycles. The zero-order valence-electron chi connectivity index (χ0n) is 11.6. The third-order valence-corrected chi connectivity index (χ3v) is 4.75. The van der Waals surface area contributed by atoms with Crippen LogP contribution in [0.3, 0.4) is 0 Å². The van der Waals surface area contributed by atoms with Crippen LogP contribution in [0.2, 0.25) is 4.34 Å². The van der Waals surface area contributed by atoms with Gasteiger partial charge in [-0.2, -0.15) is 0 Å². The highest BCUT2D eigenvalue weighted by molar-refractivity contribution is 9.10. The fourth-order valence-electron chi connectivity index (χ4n) is 2.08. The maximum absolute atomic E-state index is 5.99. The third kappa shape index (κ3) is 4.22. The number of nitrogens with one attached hydrogen (secondary N) is 1. The molecule has 0 unspecified atom stereocenters. The highest BCUT2D eigenvalue weighted by Crippen LogP contribution is 2.28. The minimum atomic E-state index is 0.845. The highest BCUT2D eigenvalue weighted by Gasteiger charge is 2.09. The summed E-state index contributed by atoms with van der Waals surface area (Å²) >= 11 is 11.2. The normalized spacial score (nSPS) is 10.8. The quantitative estimate of drug-likeness (QED) is 0.774. The van der Waals surface area contributed by atoms with Crippen molar-refractivity contribution in [2.75, 3.05) is 18.5 Å². The number of thiophene rings is 1. The van der Waals surface area contributed by atoms with Gasteiger partial charge in [-0.1, -0.05) is 34.5 Å². The van der Waals surface area contributed by atoms with Gasteiger partial charge in [0.05, 0.1) is 10.9 Å². The van der Waals surface area contributed by atoms with Gasteiger partial charge in [0, 0.05) is 28.6 Å². The van der Waals surface area contributed by atoms with Crippen molar-refractivity contribution in [1.82, 2.24) is 5.32 Å². The molecule has 0 aliphatic heterocycles. The van der Waals surface area contributed by atoms with Crippen LogP contribution in [-0.4, -0.2) is 13.6 Å². The van der Waals surface area contributed by atoms with E-state index in [1.165, 1.54) is 16.1 Å². The first-order valence-electron chi connectivity index (χ1n) is 6.54. The maximum Gasteiger partial charge on any atom is 0.0931 e. The van der Waals surface area contributed by atoms with Crippen LogP contribution in [-0.2, 0) is 13.1 Å². The van der Waals surface area contributed by atoms with E-state index in [4.69, 9.17) is 11.6 Å². The lowest BCUT2D eigenvalue weighted by Crippen LogP contribution is -2.20. The molecule has 0 fully saturated rings. The third-order valence-electron chi connectivity index (χ3n) is 3.04. The second-order valence-electron chi connectivity index (χ2n) is 4.62. The van der Waals surface area contributed by atoms with E-state index in [-0.39, 0.29) is 0 Å². The summed E-state index contributed by atoms with van der Waals surface area (Å²) < 4.78 is 1.96. The number of hydrogen-bond donors (Lipinski definition) is 1. The molecular formula is C15H18BrClN2S. The van der Waals surface area contributed by atoms with Crippen molar-refractivity contribution in [3.8, 4) is 0 Å². The van der Waals surface area contributed by atoms with Crippen LogP contribution in [0.1, 0.15) is 17.4 Å². The predicted molar refractivity (Wildman–Crippen MR) is 93.0 cm³/mol. The molecule has 0 atom stereocenters. The average molecular weight is 374 g/mol. The van der Waals surface area contributed by atoms with Gasteiger partial charge in [-0.05, 0) is 42.4 Å². The first-order valence-corrected chi connectivity index (χ1v) is 8.53. The number of halogens is 2. The number of benzene rings is 1. The Bertz CT molecular complexity index is 571. The molecule has 0 aliphatic rings. The Labute approximate surface area is 137 Å². The minimum Gasteiger partial charge on any atom is -0.369 e. The van der Waals surface area contributed by atoms with E-state index >= 15 is 0 Å². The Balaban J connectivity index is 2.17. The molecule has 1 heterocycles. The molecule has 0 amide bonds. The first kappa shape index (κ1) is 15.8. The standard InChI is InChI=1S/C15H18BrClN2S/c1-3-18-9-11-8-12(16)4-6-14(11)19(2)10-13-5-7-15(17)20-13/h4-8,18H,3,9-10H2,1-2H3. The molecule has 0 bridgehead atoms. The zero-order chi connectivity index (χ0) is 14.5. The van der Waals surface area contributed by atoms with Crippen molar-refractivity contribution >= 4 is 44.6 Å². The van der Waals surface area contributed by atoms with Crippen LogP contribution < -0.4 is 10.2 Å². The molecule has 0 radical (unpaired) electrons. The number of hydrogen-bond acceptors (Lipinski definition) is 3. The van der Waals surface area contributed by atoms with Crippen LogP contribution in [0.5, 0.6) is 0 Å². The Morgan fingerprint density at radius 1 is 1.30 bits per heavy atom. The molecule has 1 N–H and O–H groups in total. The molecule has 0 saturated carbocycles. The van der Waals surface area contributed by atoms with E-state index in [1.807, 2.05) is 6.07 Å². The summed E-state index contributed by atoms with van der Waals surface area (Å²) in [6, 6.07) is 10.5. The van der Waals surface area contributed by atoms with E-state index in [2.05, 4.69) is 64.4 Å². The molecule has 0 aliphatic carbocycles. The SMILES string of the molecule is CCNCc1cc(Br)ccc1N(C)Cc1ccc(Cl)s1. The maximum atomic E-state index is 5.99. The van der Waals surface area contributed by atoms with Gasteiger partial charge in [0.1, 0.15) is 0 Å². The van der Waals surface area contributed by atoms with Gasteiger partial charge in [0.15, 0.2) is 0 Å². The Morgan fingerprint density at radius 2 is 2.10 bits per heavy atom. The smallest absolute Gasteiger partial charge is 0.0931 e. The molecule has 2 rings (SSSR count). The second kappa shape index (κ2) is 7.46. The lowest BCUT2D eigenvalue weighted by molar-refractivity contribution is 0.723. The molecular weight excluding hydrogens is 356 g/mol. The summed E-state index contributed by atoms with van der Waals surface area (Å²) in [5, 5.41) is 3.39. The van der Waals surface area contributed by atoms with E-state index in [9.17, 15) is 0 Å². The summed E-state index contributed by atoms with van der Waals surface area (Å²) in [5.74, 6) is 0. The molecule has 0 spiro atoms. The van der Waals surface area contributed by atoms with Crippen LogP contribution >= 0.6 is 38.9 Å². The van der Waals surface area contributed by atoms with E-state index in [1.54, 1.807) is 11.3 Å². The number of anilines is 1. The summed E-state index contributed by atoms with van der Waals surface area (Å²) in [4.78, 5) is 3.54. The molecule has 2 aromatic rings. The fraction of sp³-hybridized carbons (Fsp3) is 0.333. The Hall–Kier alpha value is -0.550. The second-order valence-corrected chi connectivity index (χ2v) is 7.33. The molecule has 2 nitrogen and oxygen atoms in total. The molecule has 0 saturated heterocycles. The summed E-state index contributed by atoms with van der Waals surface area (Å²) in [5.41, 5.74) is 2.55. The zero-order valence-corrected chi connectivity index (χ0v) is 14.8. The van der Waals surface area contributed by atoms with E-state index in [0.717, 1.165) is 28.4 Å². The van der Waals surface area contributed by atoms with Crippen molar-refractivity contribution in [2.24, 2.45) is 0 Å². The van der Waals surface area contributed by atoms with Crippen molar-refractivity contribution in [3.63, 3.8) is 0 Å². The molecule has 5 heteroatoms. The monoisotopic (exact) mass is 372 g/mol. The highest BCUT2D eigenvalue weighted by atomic mass is 79.9. The minimum absolute atomic E-state index is 0.845. The van der Waals surface area contributed by atoms with Crippen molar-refractivity contribution in [2.45, 2.75) is 20.0 Å². The van der Waals surface area contributed by atoms with Gasteiger partial charge in [0.25, 0.3) is 0 Å². The molecule has 108 valence electrons. The van der Waals surface area contributed by atoms with Crippen molar-refractivity contribution in [3.05, 3.63) is 49.6 Å². The van der Waals surface area contributed by atoms with Gasteiger partial charge in [-0.3, -0.25) is 0 Å². The van der Waals surface area contributed by atoms with Gasteiger partial charge in [0.2, 0.25) is 0 Å². The molecule has 20 heavy (non-hydrogen) atoms. The number of nitrogens with zero attached hydrogens (tertiary/aromatic N) is 1. The summed E-state index contributed by atoms with van der Waals surface area (Å²) in [6.07, 6.45) is 0. The lowest BCUT2D eigenvalue weighted by Gasteiger charge is -2.22. The summed E-state index contributed by atoms with van der Waals surface area (Å²) in [6.45, 7) is 4.84. The summed E-state index contributed by atoms with van der Waals surface area (Å²) in [7, 11) is 2.12. The van der Waals surface area contributed by atoms with Crippen molar-refractivity contribution in [1.29, 1.82) is 0 Å². The van der Waals surface area contributed by atoms with Crippen molar-refractivity contribution < 1.29 is 0 Å². The largest absolute Gasteiger partial charge is 0.369 e. The van der Waals surface area contributed by atoms with Crippen LogP contribution in [0.25, 0.3) is 0 Å². The van der Waals surface area contributed by atoms with Gasteiger partial charge in [-0.15, -0.1) is 11.3 Å². The predicted octanol–water partition coefficient (Wildman–Crippen LogP) is 4.91. The molecule has 1 aromatic carbocycles. The van der Waals surface area contributed by atoms with Crippen LogP contribution in [0.4, 0.5) is 5.69 Å². The average Bonchev–Trinajstić information content (AvgIpc) is 2.81. The van der Waals surface area contributed by atoms with Crippen LogP contribution in [0, 0.1) is 0 Å². The Morgan fingerprint density at radius 3 is 2.75 bits per heavy atom. The van der Waals surface area contributed by atoms with Gasteiger partial charge < -0.3 is 10.2 Å². The van der Waals surface area contributed by atoms with Gasteiger partial charge >= 0.3 is 0 Å². The fourth-order valence-corrected chi connectivity index (χ4v) is 3.63. The topological polar surface area (TPSA) is 15.3 Å². The van der Waals surface area contributed by atoms with Gasteiger partial charge in [-0.25, -0.2) is 0 Å². The van der Waals surface area contributed by atoms with E-state index < -0.39 is 0 Å². The first-order chi connectivity index (χ1) is 9.60. The van der Waals surface area contributed by atoms with Crippen LogP contribution in [0.15, 0.2) is 34.8 Å². The lowest BCUT2D eigenvalue weighted by atomic mass is 10.1. The Kier molecular flexibility index (Phi) is 5.90. The van der Waals surface area contributed by atoms with E-state index in [0.29, 0.717) is 0 Å².